The second-order valence-electron chi connectivity index (χ2n) is 4.55. The lowest BCUT2D eigenvalue weighted by molar-refractivity contribution is -0.132. The standard InChI is InChI=1S/C14H22N2O4/c1-16(9-12(17)10-19-2)14(18)6-7-20-13-5-3-4-11(15)8-13/h3-5,8,12,17H,6-7,9-10,15H2,1-2H3. The van der Waals surface area contributed by atoms with E-state index in [1.54, 1.807) is 31.3 Å². The molecule has 0 radical (unpaired) electrons. The minimum absolute atomic E-state index is 0.0935. The Labute approximate surface area is 119 Å². The molecule has 1 aromatic carbocycles. The smallest absolute Gasteiger partial charge is 0.225 e. The maximum absolute atomic E-state index is 11.8. The van der Waals surface area contributed by atoms with Crippen LogP contribution < -0.4 is 10.5 Å². The minimum atomic E-state index is -0.677. The van der Waals surface area contributed by atoms with E-state index in [-0.39, 0.29) is 32.1 Å². The van der Waals surface area contributed by atoms with Gasteiger partial charge in [-0.25, -0.2) is 0 Å². The minimum Gasteiger partial charge on any atom is -0.493 e. The van der Waals surface area contributed by atoms with Crippen LogP contribution in [0.25, 0.3) is 0 Å². The van der Waals surface area contributed by atoms with Crippen LogP contribution in [0.3, 0.4) is 0 Å². The Hall–Kier alpha value is -1.79. The Bertz CT molecular complexity index is 425. The van der Waals surface area contributed by atoms with E-state index in [1.807, 2.05) is 0 Å². The van der Waals surface area contributed by atoms with Crippen molar-refractivity contribution >= 4 is 11.6 Å². The summed E-state index contributed by atoms with van der Waals surface area (Å²) in [6.07, 6.45) is -0.436. The van der Waals surface area contributed by atoms with E-state index in [0.717, 1.165) is 0 Å². The molecule has 3 N–H and O–H groups in total. The Balaban J connectivity index is 2.28. The molecule has 1 amide bonds. The van der Waals surface area contributed by atoms with E-state index < -0.39 is 6.10 Å². The fourth-order valence-corrected chi connectivity index (χ4v) is 1.71. The monoisotopic (exact) mass is 282 g/mol. The summed E-state index contributed by atoms with van der Waals surface area (Å²) in [5, 5.41) is 9.54. The van der Waals surface area contributed by atoms with Gasteiger partial charge in [0, 0.05) is 32.5 Å². The van der Waals surface area contributed by atoms with Gasteiger partial charge in [-0.1, -0.05) is 6.07 Å². The highest BCUT2D eigenvalue weighted by molar-refractivity contribution is 5.76. The van der Waals surface area contributed by atoms with Gasteiger partial charge in [0.05, 0.1) is 25.7 Å². The van der Waals surface area contributed by atoms with Crippen LogP contribution in [-0.4, -0.2) is 55.9 Å². The third-order valence-corrected chi connectivity index (χ3v) is 2.71. The maximum Gasteiger partial charge on any atom is 0.225 e. The molecule has 1 atom stereocenters. The van der Waals surface area contributed by atoms with Crippen LogP contribution in [0.5, 0.6) is 5.75 Å². The molecule has 0 aromatic heterocycles. The Morgan fingerprint density at radius 1 is 1.50 bits per heavy atom. The second-order valence-corrected chi connectivity index (χ2v) is 4.55. The number of hydrogen-bond donors (Lipinski definition) is 2. The van der Waals surface area contributed by atoms with Crippen molar-refractivity contribution in [1.82, 2.24) is 4.90 Å². The summed E-state index contributed by atoms with van der Waals surface area (Å²) in [5.41, 5.74) is 6.25. The van der Waals surface area contributed by atoms with Gasteiger partial charge in [0.25, 0.3) is 0 Å². The van der Waals surface area contributed by atoms with E-state index >= 15 is 0 Å². The number of hydrogen-bond acceptors (Lipinski definition) is 5. The largest absolute Gasteiger partial charge is 0.493 e. The third-order valence-electron chi connectivity index (χ3n) is 2.71. The number of aliphatic hydroxyl groups is 1. The highest BCUT2D eigenvalue weighted by atomic mass is 16.5. The predicted molar refractivity (Wildman–Crippen MR) is 76.5 cm³/mol. The number of carbonyl (C=O) groups excluding carboxylic acids is 1. The molecule has 6 nitrogen and oxygen atoms in total. The summed E-state index contributed by atoms with van der Waals surface area (Å²) < 4.78 is 10.3. The van der Waals surface area contributed by atoms with Crippen molar-refractivity contribution in [2.24, 2.45) is 0 Å². The molecule has 0 saturated carbocycles. The maximum atomic E-state index is 11.8. The molecule has 0 aliphatic heterocycles. The summed E-state index contributed by atoms with van der Waals surface area (Å²) >= 11 is 0. The van der Waals surface area contributed by atoms with Gasteiger partial charge in [-0.05, 0) is 12.1 Å². The first-order valence-electron chi connectivity index (χ1n) is 6.42. The third kappa shape index (κ3) is 5.90. The van der Waals surface area contributed by atoms with Gasteiger partial charge in [0.2, 0.25) is 5.91 Å². The van der Waals surface area contributed by atoms with Crippen LogP contribution in [0.2, 0.25) is 0 Å². The normalized spacial score (nSPS) is 11.9. The highest BCUT2D eigenvalue weighted by Gasteiger charge is 2.13. The van der Waals surface area contributed by atoms with Crippen molar-refractivity contribution < 1.29 is 19.4 Å². The molecule has 0 saturated heterocycles. The van der Waals surface area contributed by atoms with Gasteiger partial charge < -0.3 is 25.2 Å². The van der Waals surface area contributed by atoms with Crippen LogP contribution in [0.15, 0.2) is 24.3 Å². The van der Waals surface area contributed by atoms with Crippen molar-refractivity contribution in [3.63, 3.8) is 0 Å². The molecule has 1 rings (SSSR count). The lowest BCUT2D eigenvalue weighted by Crippen LogP contribution is -2.36. The molecule has 112 valence electrons. The number of ether oxygens (including phenoxy) is 2. The predicted octanol–water partition coefficient (Wildman–Crippen LogP) is 0.503. The summed E-state index contributed by atoms with van der Waals surface area (Å²) in [4.78, 5) is 13.3. The summed E-state index contributed by atoms with van der Waals surface area (Å²) in [5.74, 6) is 0.545. The second kappa shape index (κ2) is 8.39. The van der Waals surface area contributed by atoms with E-state index in [4.69, 9.17) is 15.2 Å². The average Bonchev–Trinajstić information content (AvgIpc) is 2.38. The number of benzene rings is 1. The van der Waals surface area contributed by atoms with E-state index in [0.29, 0.717) is 11.4 Å². The number of likely N-dealkylation sites (N-methyl/N-ethyl adjacent to an activating group) is 1. The number of nitrogen functional groups attached to an aromatic ring is 1. The highest BCUT2D eigenvalue weighted by Crippen LogP contribution is 2.14. The lowest BCUT2D eigenvalue weighted by Gasteiger charge is -2.20. The molecule has 1 aromatic rings. The Morgan fingerprint density at radius 3 is 2.90 bits per heavy atom. The number of methoxy groups -OCH3 is 1. The van der Waals surface area contributed by atoms with Gasteiger partial charge in [-0.2, -0.15) is 0 Å². The van der Waals surface area contributed by atoms with Crippen molar-refractivity contribution in [3.8, 4) is 5.75 Å². The number of amides is 1. The SMILES string of the molecule is COCC(O)CN(C)C(=O)CCOc1cccc(N)c1. The van der Waals surface area contributed by atoms with Crippen molar-refractivity contribution in [2.75, 3.05) is 39.6 Å². The summed E-state index contributed by atoms with van der Waals surface area (Å²) in [6.45, 7) is 0.718. The fourth-order valence-electron chi connectivity index (χ4n) is 1.71. The summed E-state index contributed by atoms with van der Waals surface area (Å²) in [6, 6.07) is 7.05. The molecule has 0 fully saturated rings. The first-order chi connectivity index (χ1) is 9.52. The van der Waals surface area contributed by atoms with E-state index in [1.165, 1.54) is 12.0 Å². The molecule has 1 unspecified atom stereocenters. The molecule has 0 aliphatic rings. The number of nitrogens with zero attached hydrogens (tertiary/aromatic N) is 1. The molecule has 6 heteroatoms. The average molecular weight is 282 g/mol. The summed E-state index contributed by atoms with van der Waals surface area (Å²) in [7, 11) is 3.15. The van der Waals surface area contributed by atoms with E-state index in [2.05, 4.69) is 0 Å². The number of carbonyl (C=O) groups is 1. The van der Waals surface area contributed by atoms with Crippen LogP contribution in [0.1, 0.15) is 6.42 Å². The van der Waals surface area contributed by atoms with Gasteiger partial charge in [0.1, 0.15) is 5.75 Å². The van der Waals surface area contributed by atoms with Gasteiger partial charge in [-0.15, -0.1) is 0 Å². The quantitative estimate of drug-likeness (QED) is 0.678. The zero-order valence-electron chi connectivity index (χ0n) is 11.9. The zero-order chi connectivity index (χ0) is 15.0. The topological polar surface area (TPSA) is 85.0 Å². The fraction of sp³-hybridized carbons (Fsp3) is 0.500. The molecule has 0 heterocycles. The Morgan fingerprint density at radius 2 is 2.25 bits per heavy atom. The lowest BCUT2D eigenvalue weighted by atomic mass is 10.3. The first-order valence-corrected chi connectivity index (χ1v) is 6.42. The van der Waals surface area contributed by atoms with Gasteiger partial charge in [0.15, 0.2) is 0 Å². The van der Waals surface area contributed by atoms with Crippen LogP contribution >= 0.6 is 0 Å². The van der Waals surface area contributed by atoms with Crippen LogP contribution in [0.4, 0.5) is 5.69 Å². The zero-order valence-corrected chi connectivity index (χ0v) is 11.9. The molecule has 0 aliphatic carbocycles. The molecule has 0 spiro atoms. The molecule has 20 heavy (non-hydrogen) atoms. The van der Waals surface area contributed by atoms with Crippen molar-refractivity contribution in [3.05, 3.63) is 24.3 Å². The molecule has 0 bridgehead atoms. The number of nitrogens with two attached hydrogens (primary N) is 1. The Kier molecular flexibility index (Phi) is 6.83. The first kappa shape index (κ1) is 16.3. The van der Waals surface area contributed by atoms with Gasteiger partial charge >= 0.3 is 0 Å². The van der Waals surface area contributed by atoms with Gasteiger partial charge in [-0.3, -0.25) is 4.79 Å². The van der Waals surface area contributed by atoms with Crippen LogP contribution in [-0.2, 0) is 9.53 Å². The van der Waals surface area contributed by atoms with Crippen LogP contribution in [0, 0.1) is 0 Å². The van der Waals surface area contributed by atoms with Crippen molar-refractivity contribution in [2.45, 2.75) is 12.5 Å². The number of aliphatic hydroxyl groups excluding tert-OH is 1. The number of anilines is 1. The van der Waals surface area contributed by atoms with E-state index in [9.17, 15) is 9.90 Å². The van der Waals surface area contributed by atoms with Crippen molar-refractivity contribution in [1.29, 1.82) is 0 Å². The molecular formula is C14H22N2O4. The number of rotatable bonds is 8. The molecular weight excluding hydrogens is 260 g/mol.